The van der Waals surface area contributed by atoms with Gasteiger partial charge in [-0.05, 0) is 44.5 Å². The third kappa shape index (κ3) is 6.10. The van der Waals surface area contributed by atoms with Gasteiger partial charge in [-0.15, -0.1) is 5.10 Å². The molecule has 1 heterocycles. The van der Waals surface area contributed by atoms with Gasteiger partial charge < -0.3 is 15.4 Å². The summed E-state index contributed by atoms with van der Waals surface area (Å²) in [7, 11) is 0. The molecule has 124 valence electrons. The second kappa shape index (κ2) is 8.92. The molecule has 2 aromatic rings. The fourth-order valence-electron chi connectivity index (χ4n) is 2.05. The lowest BCUT2D eigenvalue weighted by Crippen LogP contribution is -2.07. The van der Waals surface area contributed by atoms with Gasteiger partial charge in [0.1, 0.15) is 5.75 Å². The van der Waals surface area contributed by atoms with Crippen molar-refractivity contribution in [2.75, 3.05) is 17.2 Å². The van der Waals surface area contributed by atoms with Crippen molar-refractivity contribution in [3.63, 3.8) is 0 Å². The SMILES string of the molecule is CCCCCNc1cnnc(Nc2ccc(OC(C)C)cc2)n1. The van der Waals surface area contributed by atoms with Crippen molar-refractivity contribution in [2.24, 2.45) is 0 Å². The highest BCUT2D eigenvalue weighted by Gasteiger charge is 2.02. The van der Waals surface area contributed by atoms with Crippen molar-refractivity contribution in [1.82, 2.24) is 15.2 Å². The second-order valence-electron chi connectivity index (χ2n) is 5.62. The predicted molar refractivity (Wildman–Crippen MR) is 93.3 cm³/mol. The van der Waals surface area contributed by atoms with E-state index in [0.717, 1.165) is 30.2 Å². The zero-order valence-electron chi connectivity index (χ0n) is 14.0. The van der Waals surface area contributed by atoms with E-state index in [1.807, 2.05) is 38.1 Å². The summed E-state index contributed by atoms with van der Waals surface area (Å²) >= 11 is 0. The molecule has 0 saturated carbocycles. The molecule has 0 bridgehead atoms. The van der Waals surface area contributed by atoms with Gasteiger partial charge in [-0.3, -0.25) is 0 Å². The third-order valence-electron chi connectivity index (χ3n) is 3.13. The van der Waals surface area contributed by atoms with Gasteiger partial charge in [0.15, 0.2) is 5.82 Å². The van der Waals surface area contributed by atoms with E-state index in [2.05, 4.69) is 32.7 Å². The number of hydrogen-bond donors (Lipinski definition) is 2. The molecule has 0 amide bonds. The highest BCUT2D eigenvalue weighted by molar-refractivity contribution is 5.55. The molecule has 0 saturated heterocycles. The number of aromatic nitrogens is 3. The summed E-state index contributed by atoms with van der Waals surface area (Å²) in [4.78, 5) is 4.41. The van der Waals surface area contributed by atoms with Crippen LogP contribution >= 0.6 is 0 Å². The first-order chi connectivity index (χ1) is 11.2. The minimum Gasteiger partial charge on any atom is -0.491 e. The minimum absolute atomic E-state index is 0.164. The quantitative estimate of drug-likeness (QED) is 0.681. The number of nitrogens with one attached hydrogen (secondary N) is 2. The van der Waals surface area contributed by atoms with Gasteiger partial charge in [-0.2, -0.15) is 10.1 Å². The van der Waals surface area contributed by atoms with E-state index in [9.17, 15) is 0 Å². The van der Waals surface area contributed by atoms with Crippen molar-refractivity contribution in [1.29, 1.82) is 0 Å². The van der Waals surface area contributed by atoms with Gasteiger partial charge in [0.2, 0.25) is 5.95 Å². The summed E-state index contributed by atoms with van der Waals surface area (Å²) in [6.07, 6.45) is 5.34. The van der Waals surface area contributed by atoms with Crippen LogP contribution in [-0.4, -0.2) is 27.8 Å². The van der Waals surface area contributed by atoms with Crippen LogP contribution in [0, 0.1) is 0 Å². The first-order valence-electron chi connectivity index (χ1n) is 8.14. The van der Waals surface area contributed by atoms with Crippen molar-refractivity contribution >= 4 is 17.5 Å². The Morgan fingerprint density at radius 3 is 2.61 bits per heavy atom. The van der Waals surface area contributed by atoms with Crippen LogP contribution in [0.3, 0.4) is 0 Å². The lowest BCUT2D eigenvalue weighted by Gasteiger charge is -2.11. The van der Waals surface area contributed by atoms with Crippen LogP contribution in [0.15, 0.2) is 30.5 Å². The molecule has 0 aliphatic carbocycles. The molecule has 6 heteroatoms. The summed E-state index contributed by atoms with van der Waals surface area (Å²) in [5, 5.41) is 14.4. The molecule has 0 atom stereocenters. The lowest BCUT2D eigenvalue weighted by atomic mass is 10.2. The fourth-order valence-corrected chi connectivity index (χ4v) is 2.05. The first-order valence-corrected chi connectivity index (χ1v) is 8.14. The van der Waals surface area contributed by atoms with Gasteiger partial charge >= 0.3 is 0 Å². The molecule has 0 aliphatic rings. The average molecular weight is 315 g/mol. The van der Waals surface area contributed by atoms with Gasteiger partial charge in [-0.1, -0.05) is 19.8 Å². The van der Waals surface area contributed by atoms with Crippen molar-refractivity contribution in [3.05, 3.63) is 30.5 Å². The molecule has 0 radical (unpaired) electrons. The summed E-state index contributed by atoms with van der Waals surface area (Å²) in [6, 6.07) is 7.70. The number of hydrogen-bond acceptors (Lipinski definition) is 6. The number of anilines is 3. The summed E-state index contributed by atoms with van der Waals surface area (Å²) < 4.78 is 5.62. The molecule has 0 fully saturated rings. The van der Waals surface area contributed by atoms with Crippen LogP contribution in [0.5, 0.6) is 5.75 Å². The molecule has 6 nitrogen and oxygen atoms in total. The highest BCUT2D eigenvalue weighted by Crippen LogP contribution is 2.19. The number of benzene rings is 1. The van der Waals surface area contributed by atoms with Crippen molar-refractivity contribution in [2.45, 2.75) is 46.1 Å². The molecular weight excluding hydrogens is 290 g/mol. The molecule has 0 unspecified atom stereocenters. The zero-order chi connectivity index (χ0) is 16.5. The standard InChI is InChI=1S/C17H25N5O/c1-4-5-6-11-18-16-12-19-22-17(21-16)20-14-7-9-15(10-8-14)23-13(2)3/h7-10,12-13H,4-6,11H2,1-3H3,(H2,18,20,21,22). The maximum absolute atomic E-state index is 5.62. The Morgan fingerprint density at radius 1 is 1.13 bits per heavy atom. The second-order valence-corrected chi connectivity index (χ2v) is 5.62. The smallest absolute Gasteiger partial charge is 0.249 e. The zero-order valence-corrected chi connectivity index (χ0v) is 14.0. The molecule has 0 spiro atoms. The Bertz CT molecular complexity index is 586. The molecule has 2 rings (SSSR count). The molecule has 1 aromatic heterocycles. The topological polar surface area (TPSA) is 72.0 Å². The van der Waals surface area contributed by atoms with Crippen LogP contribution in [0.4, 0.5) is 17.5 Å². The monoisotopic (exact) mass is 315 g/mol. The molecule has 2 N–H and O–H groups in total. The Kier molecular flexibility index (Phi) is 6.59. The maximum atomic E-state index is 5.62. The van der Waals surface area contributed by atoms with E-state index in [4.69, 9.17) is 4.74 Å². The number of rotatable bonds is 9. The van der Waals surface area contributed by atoms with Gasteiger partial charge in [0.05, 0.1) is 12.3 Å². The Morgan fingerprint density at radius 2 is 1.91 bits per heavy atom. The van der Waals surface area contributed by atoms with Gasteiger partial charge in [0.25, 0.3) is 0 Å². The Labute approximate surface area is 137 Å². The van der Waals surface area contributed by atoms with Crippen LogP contribution in [0.25, 0.3) is 0 Å². The summed E-state index contributed by atoms with van der Waals surface area (Å²) in [5.74, 6) is 2.05. The van der Waals surface area contributed by atoms with Crippen LogP contribution < -0.4 is 15.4 Å². The minimum atomic E-state index is 0.164. The average Bonchev–Trinajstić information content (AvgIpc) is 2.53. The van der Waals surface area contributed by atoms with Crippen molar-refractivity contribution < 1.29 is 4.74 Å². The predicted octanol–water partition coefficient (Wildman–Crippen LogP) is 4.00. The van der Waals surface area contributed by atoms with Gasteiger partial charge in [-0.25, -0.2) is 0 Å². The largest absolute Gasteiger partial charge is 0.491 e. The number of ether oxygens (including phenoxy) is 1. The molecule has 1 aromatic carbocycles. The van der Waals surface area contributed by atoms with E-state index in [1.165, 1.54) is 12.8 Å². The van der Waals surface area contributed by atoms with E-state index >= 15 is 0 Å². The van der Waals surface area contributed by atoms with Crippen LogP contribution in [0.1, 0.15) is 40.0 Å². The van der Waals surface area contributed by atoms with E-state index < -0.39 is 0 Å². The normalized spacial score (nSPS) is 10.6. The highest BCUT2D eigenvalue weighted by atomic mass is 16.5. The summed E-state index contributed by atoms with van der Waals surface area (Å²) in [5.41, 5.74) is 0.894. The third-order valence-corrected chi connectivity index (χ3v) is 3.13. The lowest BCUT2D eigenvalue weighted by molar-refractivity contribution is 0.242. The van der Waals surface area contributed by atoms with Crippen LogP contribution in [0.2, 0.25) is 0 Å². The van der Waals surface area contributed by atoms with E-state index in [1.54, 1.807) is 6.20 Å². The summed E-state index contributed by atoms with van der Waals surface area (Å²) in [6.45, 7) is 7.09. The Balaban J connectivity index is 1.91. The van der Waals surface area contributed by atoms with Crippen LogP contribution in [-0.2, 0) is 0 Å². The van der Waals surface area contributed by atoms with E-state index in [-0.39, 0.29) is 6.10 Å². The molecule has 0 aliphatic heterocycles. The Hall–Kier alpha value is -2.37. The fraction of sp³-hybridized carbons (Fsp3) is 0.471. The molecular formula is C17H25N5O. The van der Waals surface area contributed by atoms with Gasteiger partial charge in [0, 0.05) is 12.2 Å². The van der Waals surface area contributed by atoms with Crippen molar-refractivity contribution in [3.8, 4) is 5.75 Å². The maximum Gasteiger partial charge on any atom is 0.249 e. The number of nitrogens with zero attached hydrogens (tertiary/aromatic N) is 3. The number of unbranched alkanes of at least 4 members (excludes halogenated alkanes) is 2. The molecule has 23 heavy (non-hydrogen) atoms. The first kappa shape index (κ1) is 17.0. The van der Waals surface area contributed by atoms with E-state index in [0.29, 0.717) is 5.95 Å².